The summed E-state index contributed by atoms with van der Waals surface area (Å²) in [7, 11) is 0. The predicted molar refractivity (Wildman–Crippen MR) is 330 cm³/mol. The molecule has 0 heterocycles. The monoisotopic (exact) mass is 1060 g/mol. The maximum atomic E-state index is 12.9. The van der Waals surface area contributed by atoms with Crippen molar-refractivity contribution in [3.63, 3.8) is 0 Å². The number of carbonyl (C=O) groups excluding carboxylic acids is 3. The van der Waals surface area contributed by atoms with E-state index >= 15 is 0 Å². The lowest BCUT2D eigenvalue weighted by Crippen LogP contribution is -2.30. The van der Waals surface area contributed by atoms with Crippen LogP contribution in [0.25, 0.3) is 0 Å². The summed E-state index contributed by atoms with van der Waals surface area (Å²) in [6.45, 7) is 6.53. The molecule has 1 atom stereocenters. The van der Waals surface area contributed by atoms with Gasteiger partial charge in [0.25, 0.3) is 0 Å². The Bertz CT molecular complexity index is 1400. The van der Waals surface area contributed by atoms with Crippen molar-refractivity contribution < 1.29 is 28.6 Å². The predicted octanol–water partition coefficient (Wildman–Crippen LogP) is 22.5. The molecular weight excluding hydrogens is 937 g/mol. The van der Waals surface area contributed by atoms with Crippen molar-refractivity contribution in [3.8, 4) is 0 Å². The number of hydrogen-bond acceptors (Lipinski definition) is 6. The summed E-state index contributed by atoms with van der Waals surface area (Å²) in [5, 5.41) is 0. The van der Waals surface area contributed by atoms with E-state index in [1.165, 1.54) is 193 Å². The van der Waals surface area contributed by atoms with Crippen LogP contribution in [0.1, 0.15) is 335 Å². The molecular formula is C70H124O6. The number of unbranched alkanes of at least 4 members (excludes halogenated alkanes) is 37. The van der Waals surface area contributed by atoms with Gasteiger partial charge in [0, 0.05) is 19.3 Å². The van der Waals surface area contributed by atoms with Crippen LogP contribution < -0.4 is 0 Å². The van der Waals surface area contributed by atoms with Gasteiger partial charge in [-0.1, -0.05) is 280 Å². The van der Waals surface area contributed by atoms with E-state index in [9.17, 15) is 14.4 Å². The van der Waals surface area contributed by atoms with Gasteiger partial charge in [-0.05, 0) is 109 Å². The van der Waals surface area contributed by atoms with Crippen molar-refractivity contribution in [1.82, 2.24) is 0 Å². The molecule has 0 aliphatic carbocycles. The van der Waals surface area contributed by atoms with Crippen molar-refractivity contribution in [2.45, 2.75) is 341 Å². The number of esters is 3. The van der Waals surface area contributed by atoms with Crippen LogP contribution in [0, 0.1) is 0 Å². The summed E-state index contributed by atoms with van der Waals surface area (Å²) in [5.74, 6) is -0.879. The molecule has 6 nitrogen and oxygen atoms in total. The Morgan fingerprint density at radius 3 is 0.829 bits per heavy atom. The smallest absolute Gasteiger partial charge is 0.306 e. The molecule has 0 aromatic heterocycles. The molecule has 0 saturated carbocycles. The Hall–Kier alpha value is -3.15. The first-order chi connectivity index (χ1) is 37.5. The zero-order valence-electron chi connectivity index (χ0n) is 50.5. The largest absolute Gasteiger partial charge is 0.462 e. The average Bonchev–Trinajstić information content (AvgIpc) is 3.42. The molecule has 0 N–H and O–H groups in total. The van der Waals surface area contributed by atoms with E-state index in [0.717, 1.165) is 103 Å². The first kappa shape index (κ1) is 72.8. The zero-order valence-corrected chi connectivity index (χ0v) is 50.5. The summed E-state index contributed by atoms with van der Waals surface area (Å²) in [6, 6.07) is 0. The van der Waals surface area contributed by atoms with Crippen LogP contribution in [0.15, 0.2) is 72.9 Å². The van der Waals surface area contributed by atoms with Crippen LogP contribution in [0.5, 0.6) is 0 Å². The van der Waals surface area contributed by atoms with E-state index in [0.29, 0.717) is 19.3 Å². The highest BCUT2D eigenvalue weighted by atomic mass is 16.6. The standard InChI is InChI=1S/C70H124O6/c1-4-7-10-13-16-19-22-25-27-29-30-31-32-33-34-35-36-37-38-39-40-41-43-45-48-51-54-57-60-63-69(72)75-66-67(65-74-68(71)62-59-56-53-50-47-44-24-21-18-15-12-9-6-3)76-70(73)64-61-58-55-52-49-46-42-28-26-23-20-17-14-11-8-5-2/h7,10,16,19,21,24-25,27-28,30-31,42,67H,4-6,8-9,11-15,17-18,20,22-23,26,29,32-41,43-66H2,1-3H3/b10-7-,19-16-,24-21-,27-25-,31-30-,42-28-. The van der Waals surface area contributed by atoms with Crippen molar-refractivity contribution in [2.24, 2.45) is 0 Å². The molecule has 76 heavy (non-hydrogen) atoms. The van der Waals surface area contributed by atoms with Gasteiger partial charge < -0.3 is 14.2 Å². The van der Waals surface area contributed by atoms with Gasteiger partial charge in [-0.2, -0.15) is 0 Å². The molecule has 6 heteroatoms. The topological polar surface area (TPSA) is 78.9 Å². The van der Waals surface area contributed by atoms with Gasteiger partial charge in [-0.15, -0.1) is 0 Å². The molecule has 0 saturated heterocycles. The molecule has 0 radical (unpaired) electrons. The molecule has 1 unspecified atom stereocenters. The van der Waals surface area contributed by atoms with E-state index in [1.54, 1.807) is 0 Å². The lowest BCUT2D eigenvalue weighted by molar-refractivity contribution is -0.167. The highest BCUT2D eigenvalue weighted by molar-refractivity contribution is 5.71. The molecule has 0 rings (SSSR count). The normalized spacial score (nSPS) is 12.5. The first-order valence-electron chi connectivity index (χ1n) is 32.9. The molecule has 440 valence electrons. The molecule has 0 aliphatic heterocycles. The number of ether oxygens (including phenoxy) is 3. The van der Waals surface area contributed by atoms with Crippen molar-refractivity contribution in [2.75, 3.05) is 13.2 Å². The summed E-state index contributed by atoms with van der Waals surface area (Å²) in [6.07, 6.45) is 83.5. The van der Waals surface area contributed by atoms with Crippen LogP contribution in [-0.4, -0.2) is 37.2 Å². The van der Waals surface area contributed by atoms with Crippen molar-refractivity contribution in [3.05, 3.63) is 72.9 Å². The van der Waals surface area contributed by atoms with Gasteiger partial charge in [-0.3, -0.25) is 14.4 Å². The Balaban J connectivity index is 4.21. The molecule has 0 aromatic carbocycles. The Labute approximate surface area is 472 Å². The molecule has 0 aliphatic rings. The van der Waals surface area contributed by atoms with E-state index in [-0.39, 0.29) is 31.1 Å². The van der Waals surface area contributed by atoms with Crippen LogP contribution in [0.3, 0.4) is 0 Å². The maximum absolute atomic E-state index is 12.9. The van der Waals surface area contributed by atoms with E-state index < -0.39 is 6.10 Å². The number of carbonyl (C=O) groups is 3. The van der Waals surface area contributed by atoms with Crippen molar-refractivity contribution >= 4 is 17.9 Å². The summed E-state index contributed by atoms with van der Waals surface area (Å²) >= 11 is 0. The van der Waals surface area contributed by atoms with Gasteiger partial charge in [0.1, 0.15) is 13.2 Å². The van der Waals surface area contributed by atoms with Crippen LogP contribution in [0.4, 0.5) is 0 Å². The second-order valence-electron chi connectivity index (χ2n) is 22.0. The fourth-order valence-corrected chi connectivity index (χ4v) is 9.48. The van der Waals surface area contributed by atoms with Crippen LogP contribution >= 0.6 is 0 Å². The number of hydrogen-bond donors (Lipinski definition) is 0. The Kier molecular flexibility index (Phi) is 61.7. The minimum absolute atomic E-state index is 0.0781. The quantitative estimate of drug-likeness (QED) is 0.0261. The number of rotatable bonds is 60. The number of allylic oxidation sites excluding steroid dienone is 12. The molecule has 0 bridgehead atoms. The van der Waals surface area contributed by atoms with Gasteiger partial charge in [0.05, 0.1) is 0 Å². The highest BCUT2D eigenvalue weighted by Crippen LogP contribution is 2.17. The SMILES string of the molecule is CC/C=C\C/C=C\C/C=C\C/C=C\CCCCCCCCCCCCCCCCCCC(=O)OCC(COC(=O)CCCCCCC/C=C\CCCCCC)OC(=O)CCCCCCC/C=C\CCCCCCCCC. The lowest BCUT2D eigenvalue weighted by atomic mass is 10.0. The van der Waals surface area contributed by atoms with E-state index in [1.807, 2.05) is 0 Å². The summed E-state index contributed by atoms with van der Waals surface area (Å²) in [5.41, 5.74) is 0. The summed E-state index contributed by atoms with van der Waals surface area (Å²) in [4.78, 5) is 38.3. The minimum atomic E-state index is -0.782. The average molecular weight is 1060 g/mol. The molecule has 0 amide bonds. The van der Waals surface area contributed by atoms with Gasteiger partial charge in [-0.25, -0.2) is 0 Å². The van der Waals surface area contributed by atoms with E-state index in [4.69, 9.17) is 14.2 Å². The third-order valence-corrected chi connectivity index (χ3v) is 14.4. The van der Waals surface area contributed by atoms with Crippen molar-refractivity contribution in [1.29, 1.82) is 0 Å². The van der Waals surface area contributed by atoms with Gasteiger partial charge in [0.2, 0.25) is 0 Å². The summed E-state index contributed by atoms with van der Waals surface area (Å²) < 4.78 is 16.9. The van der Waals surface area contributed by atoms with Gasteiger partial charge in [0.15, 0.2) is 6.10 Å². The van der Waals surface area contributed by atoms with Gasteiger partial charge >= 0.3 is 17.9 Å². The Morgan fingerprint density at radius 1 is 0.276 bits per heavy atom. The second kappa shape index (κ2) is 64.4. The van der Waals surface area contributed by atoms with Crippen LogP contribution in [-0.2, 0) is 28.6 Å². The third kappa shape index (κ3) is 61.7. The molecule has 0 spiro atoms. The maximum Gasteiger partial charge on any atom is 0.306 e. The highest BCUT2D eigenvalue weighted by Gasteiger charge is 2.19. The fourth-order valence-electron chi connectivity index (χ4n) is 9.48. The Morgan fingerprint density at radius 2 is 0.513 bits per heavy atom. The fraction of sp³-hybridized carbons (Fsp3) is 0.786. The lowest BCUT2D eigenvalue weighted by Gasteiger charge is -2.18. The molecule has 0 aromatic rings. The molecule has 0 fully saturated rings. The zero-order chi connectivity index (χ0) is 55.0. The third-order valence-electron chi connectivity index (χ3n) is 14.4. The second-order valence-corrected chi connectivity index (χ2v) is 22.0. The van der Waals surface area contributed by atoms with Crippen LogP contribution in [0.2, 0.25) is 0 Å². The minimum Gasteiger partial charge on any atom is -0.462 e. The first-order valence-corrected chi connectivity index (χ1v) is 32.9. The van der Waals surface area contributed by atoms with E-state index in [2.05, 4.69) is 93.7 Å².